The summed E-state index contributed by atoms with van der Waals surface area (Å²) in [6.07, 6.45) is 7.54. The minimum Gasteiger partial charge on any atom is -0.459 e. The van der Waals surface area contributed by atoms with Crippen molar-refractivity contribution in [2.45, 2.75) is 38.3 Å². The van der Waals surface area contributed by atoms with Gasteiger partial charge >= 0.3 is 0 Å². The van der Waals surface area contributed by atoms with Crippen molar-refractivity contribution < 1.29 is 14.4 Å². The molecule has 3 aromatic rings. The monoisotopic (exact) mass is 460 g/mol. The Morgan fingerprint density at radius 3 is 2.68 bits per heavy atom. The molecule has 0 bridgehead atoms. The first-order valence-electron chi connectivity index (χ1n) is 12.1. The molecule has 34 heavy (non-hydrogen) atoms. The Balaban J connectivity index is 1.34. The number of fused-ring (bicyclic) bond motifs is 1. The molecule has 0 radical (unpaired) electrons. The average Bonchev–Trinajstić information content (AvgIpc) is 3.51. The third-order valence-corrected chi connectivity index (χ3v) is 6.97. The predicted octanol–water partition coefficient (Wildman–Crippen LogP) is 4.33. The number of methoxy groups -OCH3 is 1. The number of oxime groups is 1. The van der Waals surface area contributed by atoms with Crippen LogP contribution >= 0.6 is 0 Å². The summed E-state index contributed by atoms with van der Waals surface area (Å²) in [5.41, 5.74) is 6.19. The summed E-state index contributed by atoms with van der Waals surface area (Å²) >= 11 is 0. The zero-order valence-electron chi connectivity index (χ0n) is 19.7. The van der Waals surface area contributed by atoms with Gasteiger partial charge in [0.05, 0.1) is 18.9 Å². The van der Waals surface area contributed by atoms with Gasteiger partial charge in [-0.05, 0) is 74.2 Å². The highest BCUT2D eigenvalue weighted by Gasteiger charge is 2.23. The first-order chi connectivity index (χ1) is 16.7. The number of hydrogen-bond acceptors (Lipinski definition) is 7. The van der Waals surface area contributed by atoms with Crippen molar-refractivity contribution in [2.24, 2.45) is 5.16 Å². The summed E-state index contributed by atoms with van der Waals surface area (Å²) in [5, 5.41) is 16.4. The maximum atomic E-state index is 9.26. The van der Waals surface area contributed by atoms with E-state index in [0.717, 1.165) is 91.4 Å². The van der Waals surface area contributed by atoms with Crippen molar-refractivity contribution >= 4 is 5.71 Å². The van der Waals surface area contributed by atoms with Crippen LogP contribution < -0.4 is 5.32 Å². The van der Waals surface area contributed by atoms with Gasteiger partial charge in [0.2, 0.25) is 0 Å². The second kappa shape index (κ2) is 10.5. The van der Waals surface area contributed by atoms with Gasteiger partial charge in [0.1, 0.15) is 11.5 Å². The van der Waals surface area contributed by atoms with Gasteiger partial charge in [-0.25, -0.2) is 0 Å². The second-order valence-corrected chi connectivity index (χ2v) is 9.10. The quantitative estimate of drug-likeness (QED) is 0.385. The van der Waals surface area contributed by atoms with Gasteiger partial charge in [-0.1, -0.05) is 17.3 Å². The zero-order chi connectivity index (χ0) is 23.3. The van der Waals surface area contributed by atoms with E-state index in [2.05, 4.69) is 38.6 Å². The Morgan fingerprint density at radius 2 is 1.91 bits per heavy atom. The van der Waals surface area contributed by atoms with E-state index in [9.17, 15) is 5.21 Å². The van der Waals surface area contributed by atoms with Gasteiger partial charge in [0, 0.05) is 48.8 Å². The Morgan fingerprint density at radius 1 is 1.09 bits per heavy atom. The van der Waals surface area contributed by atoms with E-state index in [1.807, 2.05) is 30.6 Å². The van der Waals surface area contributed by atoms with Crippen LogP contribution in [0, 0.1) is 0 Å². The summed E-state index contributed by atoms with van der Waals surface area (Å²) in [5.74, 6) is 1.80. The van der Waals surface area contributed by atoms with Crippen LogP contribution in [0.25, 0.3) is 22.5 Å². The van der Waals surface area contributed by atoms with Crippen LogP contribution in [0.2, 0.25) is 0 Å². The summed E-state index contributed by atoms with van der Waals surface area (Å²) in [6, 6.07) is 13.0. The molecule has 2 aromatic heterocycles. The lowest BCUT2D eigenvalue weighted by atomic mass is 9.99. The number of piperidine rings is 1. The number of aryl methyl sites for hydroxylation is 1. The molecule has 0 spiro atoms. The van der Waals surface area contributed by atoms with E-state index in [1.54, 1.807) is 7.11 Å². The molecule has 1 saturated heterocycles. The number of rotatable bonds is 8. The standard InChI is InChI=1S/C27H32N4O3/c1-33-15-14-31-12-8-22(9-13-31)29-18-23-17-25(19-6-10-28-11-7-19)27(34-23)21-2-4-24-20(16-21)3-5-26(24)30-32/h2,4,6-7,10-11,16-17,22,29,32H,3,5,8-9,12-15,18H2,1H3. The molecule has 7 heteroatoms. The fourth-order valence-corrected chi connectivity index (χ4v) is 5.03. The van der Waals surface area contributed by atoms with Crippen LogP contribution in [0.15, 0.2) is 58.4 Å². The number of aromatic nitrogens is 1. The number of likely N-dealkylation sites (tertiary alicyclic amines) is 1. The molecule has 2 aliphatic rings. The lowest BCUT2D eigenvalue weighted by molar-refractivity contribution is 0.125. The molecule has 2 N–H and O–H groups in total. The zero-order valence-corrected chi connectivity index (χ0v) is 19.7. The number of nitrogens with one attached hydrogen (secondary N) is 1. The van der Waals surface area contributed by atoms with E-state index < -0.39 is 0 Å². The third-order valence-electron chi connectivity index (χ3n) is 6.97. The van der Waals surface area contributed by atoms with Crippen molar-refractivity contribution in [3.63, 3.8) is 0 Å². The smallest absolute Gasteiger partial charge is 0.142 e. The van der Waals surface area contributed by atoms with Crippen LogP contribution in [0.4, 0.5) is 0 Å². The van der Waals surface area contributed by atoms with E-state index in [0.29, 0.717) is 12.6 Å². The summed E-state index contributed by atoms with van der Waals surface area (Å²) in [6.45, 7) is 4.70. The molecule has 1 aliphatic carbocycles. The molecule has 1 fully saturated rings. The fraction of sp³-hybridized carbons (Fsp3) is 0.407. The highest BCUT2D eigenvalue weighted by atomic mass is 16.5. The molecule has 7 nitrogen and oxygen atoms in total. The molecular weight excluding hydrogens is 428 g/mol. The van der Waals surface area contributed by atoms with Crippen LogP contribution in [-0.2, 0) is 17.7 Å². The largest absolute Gasteiger partial charge is 0.459 e. The molecule has 1 aliphatic heterocycles. The van der Waals surface area contributed by atoms with Crippen molar-refractivity contribution in [3.8, 4) is 22.5 Å². The minimum absolute atomic E-state index is 0.493. The predicted molar refractivity (Wildman–Crippen MR) is 132 cm³/mol. The topological polar surface area (TPSA) is 83.1 Å². The SMILES string of the molecule is COCCN1CCC(NCc2cc(-c3ccncc3)c(-c3ccc4c(c3)CCC4=NO)o2)CC1. The molecule has 5 rings (SSSR count). The molecule has 0 amide bonds. The van der Waals surface area contributed by atoms with E-state index in [1.165, 1.54) is 5.56 Å². The molecule has 178 valence electrons. The number of hydrogen-bond donors (Lipinski definition) is 2. The van der Waals surface area contributed by atoms with Gasteiger partial charge in [0.25, 0.3) is 0 Å². The number of benzene rings is 1. The number of furan rings is 1. The lowest BCUT2D eigenvalue weighted by Gasteiger charge is -2.32. The lowest BCUT2D eigenvalue weighted by Crippen LogP contribution is -2.43. The fourth-order valence-electron chi connectivity index (χ4n) is 5.03. The van der Waals surface area contributed by atoms with Crippen molar-refractivity contribution in [1.82, 2.24) is 15.2 Å². The second-order valence-electron chi connectivity index (χ2n) is 9.10. The number of nitrogens with zero attached hydrogens (tertiary/aromatic N) is 3. The Hall–Kier alpha value is -3.00. The highest BCUT2D eigenvalue weighted by Crippen LogP contribution is 2.37. The van der Waals surface area contributed by atoms with E-state index in [4.69, 9.17) is 9.15 Å². The highest BCUT2D eigenvalue weighted by molar-refractivity contribution is 6.04. The Bertz CT molecular complexity index is 1130. The van der Waals surface area contributed by atoms with Crippen LogP contribution in [0.3, 0.4) is 0 Å². The number of ether oxygens (including phenoxy) is 1. The van der Waals surface area contributed by atoms with Crippen molar-refractivity contribution in [2.75, 3.05) is 33.4 Å². The molecular formula is C27H32N4O3. The normalized spacial score (nSPS) is 18.0. The van der Waals surface area contributed by atoms with E-state index in [-0.39, 0.29) is 0 Å². The summed E-state index contributed by atoms with van der Waals surface area (Å²) < 4.78 is 11.7. The maximum absolute atomic E-state index is 9.26. The minimum atomic E-state index is 0.493. The maximum Gasteiger partial charge on any atom is 0.142 e. The van der Waals surface area contributed by atoms with Crippen molar-refractivity contribution in [1.29, 1.82) is 0 Å². The molecule has 3 heterocycles. The van der Waals surface area contributed by atoms with E-state index >= 15 is 0 Å². The molecule has 1 aromatic carbocycles. The average molecular weight is 461 g/mol. The molecule has 0 unspecified atom stereocenters. The van der Waals surface area contributed by atoms with Crippen molar-refractivity contribution in [3.05, 3.63) is 65.7 Å². The van der Waals surface area contributed by atoms with Crippen LogP contribution in [0.5, 0.6) is 0 Å². The first kappa shape index (κ1) is 22.8. The van der Waals surface area contributed by atoms with Gasteiger partial charge in [-0.15, -0.1) is 0 Å². The summed E-state index contributed by atoms with van der Waals surface area (Å²) in [7, 11) is 1.76. The first-order valence-corrected chi connectivity index (χ1v) is 12.1. The van der Waals surface area contributed by atoms with Gasteiger partial charge in [-0.3, -0.25) is 4.98 Å². The summed E-state index contributed by atoms with van der Waals surface area (Å²) in [4.78, 5) is 6.64. The van der Waals surface area contributed by atoms with Gasteiger partial charge in [0.15, 0.2) is 0 Å². The van der Waals surface area contributed by atoms with Gasteiger partial charge < -0.3 is 24.6 Å². The number of pyridine rings is 1. The molecule has 0 saturated carbocycles. The Kier molecular flexibility index (Phi) is 7.04. The van der Waals surface area contributed by atoms with Crippen LogP contribution in [-0.4, -0.2) is 60.2 Å². The Labute approximate surface area is 200 Å². The third kappa shape index (κ3) is 4.92. The molecule has 0 atom stereocenters. The van der Waals surface area contributed by atoms with Gasteiger partial charge in [-0.2, -0.15) is 0 Å². The van der Waals surface area contributed by atoms with Crippen LogP contribution in [0.1, 0.15) is 36.1 Å².